The predicted molar refractivity (Wildman–Crippen MR) is 122 cm³/mol. The summed E-state index contributed by atoms with van der Waals surface area (Å²) in [4.78, 5) is 39.2. The van der Waals surface area contributed by atoms with Crippen molar-refractivity contribution in [2.24, 2.45) is 0 Å². The van der Waals surface area contributed by atoms with Gasteiger partial charge in [-0.15, -0.1) is 6.42 Å². The molecule has 2 atom stereocenters. The average molecular weight is 439 g/mol. The van der Waals surface area contributed by atoms with Gasteiger partial charge in [0, 0.05) is 14.1 Å². The summed E-state index contributed by atoms with van der Waals surface area (Å²) in [5, 5.41) is 0. The normalized spacial score (nSPS) is 12.4. The highest BCUT2D eigenvalue weighted by atomic mass is 16.6. The molecule has 0 N–H and O–H groups in total. The van der Waals surface area contributed by atoms with Gasteiger partial charge in [-0.1, -0.05) is 70.6 Å². The van der Waals surface area contributed by atoms with E-state index in [9.17, 15) is 14.4 Å². The second-order valence-electron chi connectivity index (χ2n) is 8.02. The Kier molecular flexibility index (Phi) is 16.2. The van der Waals surface area contributed by atoms with Gasteiger partial charge in [0.25, 0.3) is 0 Å². The number of unbranched alkanes of at least 4 members (excludes halogenated alkanes) is 9. The lowest BCUT2D eigenvalue weighted by atomic mass is 10.1. The minimum absolute atomic E-state index is 0.165. The van der Waals surface area contributed by atoms with Gasteiger partial charge < -0.3 is 14.4 Å². The average Bonchev–Trinajstić information content (AvgIpc) is 2.78. The van der Waals surface area contributed by atoms with Gasteiger partial charge in [-0.2, -0.15) is 0 Å². The van der Waals surface area contributed by atoms with Crippen molar-refractivity contribution in [2.75, 3.05) is 27.3 Å². The van der Waals surface area contributed by atoms with Gasteiger partial charge in [0.15, 0.2) is 6.61 Å². The number of likely N-dealkylation sites (N-methyl/N-ethyl adjacent to an activating group) is 2. The minimum atomic E-state index is -0.799. The topological polar surface area (TPSA) is 76.2 Å². The summed E-state index contributed by atoms with van der Waals surface area (Å²) >= 11 is 0. The molecule has 0 aliphatic rings. The van der Waals surface area contributed by atoms with Crippen molar-refractivity contribution >= 4 is 18.0 Å². The van der Waals surface area contributed by atoms with Gasteiger partial charge in [-0.3, -0.25) is 9.69 Å². The molecule has 0 saturated heterocycles. The lowest BCUT2D eigenvalue weighted by Crippen LogP contribution is -2.51. The number of carbonyl (C=O) groups excluding carboxylic acids is 3. The van der Waals surface area contributed by atoms with Gasteiger partial charge in [0.1, 0.15) is 12.1 Å². The Morgan fingerprint density at radius 2 is 1.32 bits per heavy atom. The summed E-state index contributed by atoms with van der Waals surface area (Å²) in [5.41, 5.74) is 0. The van der Waals surface area contributed by atoms with Crippen LogP contribution in [0.25, 0.3) is 0 Å². The third-order valence-electron chi connectivity index (χ3n) is 5.52. The summed E-state index contributed by atoms with van der Waals surface area (Å²) in [6.07, 6.45) is 16.5. The molecule has 7 nitrogen and oxygen atoms in total. The second kappa shape index (κ2) is 17.5. The molecule has 31 heavy (non-hydrogen) atoms. The molecule has 2 amide bonds. The maximum Gasteiger partial charge on any atom is 0.411 e. The molecule has 0 aromatic rings. The SMILES string of the molecule is C#CCOC(=O)N(C)C(C)C(=O)N(C)C(C)C(=O)OCCCCCCCCCCCC. The highest BCUT2D eigenvalue weighted by molar-refractivity contribution is 5.89. The molecule has 0 radical (unpaired) electrons. The first-order chi connectivity index (χ1) is 14.8. The third kappa shape index (κ3) is 12.3. The number of esters is 1. The molecule has 178 valence electrons. The molecule has 0 bridgehead atoms. The fourth-order valence-electron chi connectivity index (χ4n) is 3.06. The summed E-state index contributed by atoms with van der Waals surface area (Å²) < 4.78 is 10.2. The van der Waals surface area contributed by atoms with Gasteiger partial charge in [0.2, 0.25) is 5.91 Å². The maximum atomic E-state index is 12.6. The van der Waals surface area contributed by atoms with Crippen LogP contribution >= 0.6 is 0 Å². The first-order valence-electron chi connectivity index (χ1n) is 11.5. The number of hydrogen-bond donors (Lipinski definition) is 0. The number of terminal acetylenes is 1. The summed E-state index contributed by atoms with van der Waals surface area (Å²) in [7, 11) is 2.97. The smallest absolute Gasteiger partial charge is 0.411 e. The summed E-state index contributed by atoms with van der Waals surface area (Å²) in [6, 6.07) is -1.54. The van der Waals surface area contributed by atoms with Crippen molar-refractivity contribution in [3.63, 3.8) is 0 Å². The van der Waals surface area contributed by atoms with Crippen molar-refractivity contribution < 1.29 is 23.9 Å². The number of ether oxygens (including phenoxy) is 2. The number of hydrogen-bond acceptors (Lipinski definition) is 5. The van der Waals surface area contributed by atoms with Gasteiger partial charge in [-0.25, -0.2) is 9.59 Å². The Hall–Kier alpha value is -2.23. The van der Waals surface area contributed by atoms with E-state index < -0.39 is 24.1 Å². The lowest BCUT2D eigenvalue weighted by Gasteiger charge is -2.30. The zero-order valence-corrected chi connectivity index (χ0v) is 20.2. The van der Waals surface area contributed by atoms with Crippen LogP contribution in [0.1, 0.15) is 85.0 Å². The maximum absolute atomic E-state index is 12.6. The minimum Gasteiger partial charge on any atom is -0.464 e. The number of nitrogens with zero attached hydrogens (tertiary/aromatic N) is 2. The zero-order valence-electron chi connectivity index (χ0n) is 20.2. The summed E-state index contributed by atoms with van der Waals surface area (Å²) in [5.74, 6) is 1.37. The largest absolute Gasteiger partial charge is 0.464 e. The Labute approximate surface area is 188 Å². The van der Waals surface area contributed by atoms with Crippen LogP contribution in [0.3, 0.4) is 0 Å². The third-order valence-corrected chi connectivity index (χ3v) is 5.52. The highest BCUT2D eigenvalue weighted by Gasteiger charge is 2.31. The number of carbonyl (C=O) groups is 3. The van der Waals surface area contributed by atoms with Crippen molar-refractivity contribution in [1.29, 1.82) is 0 Å². The Morgan fingerprint density at radius 3 is 1.84 bits per heavy atom. The van der Waals surface area contributed by atoms with Gasteiger partial charge >= 0.3 is 12.1 Å². The monoisotopic (exact) mass is 438 g/mol. The molecular weight excluding hydrogens is 396 g/mol. The molecule has 0 spiro atoms. The predicted octanol–water partition coefficient (Wildman–Crippen LogP) is 4.39. The van der Waals surface area contributed by atoms with E-state index in [1.807, 2.05) is 0 Å². The first-order valence-corrected chi connectivity index (χ1v) is 11.5. The van der Waals surface area contributed by atoms with Crippen molar-refractivity contribution in [3.8, 4) is 12.3 Å². The van der Waals surface area contributed by atoms with E-state index in [2.05, 4.69) is 12.8 Å². The van der Waals surface area contributed by atoms with E-state index >= 15 is 0 Å². The van der Waals surface area contributed by atoms with Crippen molar-refractivity contribution in [2.45, 2.75) is 97.1 Å². The van der Waals surface area contributed by atoms with E-state index in [-0.39, 0.29) is 12.5 Å². The van der Waals surface area contributed by atoms with Crippen LogP contribution in [0.4, 0.5) is 4.79 Å². The van der Waals surface area contributed by atoms with E-state index in [4.69, 9.17) is 15.9 Å². The molecule has 0 fully saturated rings. The van der Waals surface area contributed by atoms with Crippen LogP contribution in [-0.2, 0) is 19.1 Å². The standard InChI is InChI=1S/C24H42N2O5/c1-7-9-10-11-12-13-14-15-16-17-19-30-23(28)21(4)25(5)22(27)20(3)26(6)24(29)31-18-8-2/h2,20-21H,7,9-19H2,1,3-6H3. The van der Waals surface area contributed by atoms with Crippen LogP contribution in [0, 0.1) is 12.3 Å². The van der Waals surface area contributed by atoms with Crippen LogP contribution in [0.5, 0.6) is 0 Å². The molecule has 0 aromatic heterocycles. The van der Waals surface area contributed by atoms with Crippen LogP contribution in [-0.4, -0.2) is 67.2 Å². The van der Waals surface area contributed by atoms with Gasteiger partial charge in [0.05, 0.1) is 6.61 Å². The van der Waals surface area contributed by atoms with E-state index in [0.717, 1.165) is 24.2 Å². The van der Waals surface area contributed by atoms with Crippen molar-refractivity contribution in [1.82, 2.24) is 9.80 Å². The number of amides is 2. The molecule has 2 unspecified atom stereocenters. The van der Waals surface area contributed by atoms with Crippen LogP contribution in [0.2, 0.25) is 0 Å². The van der Waals surface area contributed by atoms with Crippen LogP contribution in [0.15, 0.2) is 0 Å². The van der Waals surface area contributed by atoms with Crippen LogP contribution < -0.4 is 0 Å². The quantitative estimate of drug-likeness (QED) is 0.203. The Bertz CT molecular complexity index is 573. The highest BCUT2D eigenvalue weighted by Crippen LogP contribution is 2.11. The lowest BCUT2D eigenvalue weighted by molar-refractivity contribution is -0.154. The Morgan fingerprint density at radius 1 is 0.806 bits per heavy atom. The summed E-state index contributed by atoms with van der Waals surface area (Å²) in [6.45, 7) is 5.60. The molecule has 0 saturated carbocycles. The molecule has 0 heterocycles. The molecule has 0 aromatic carbocycles. The first kappa shape index (κ1) is 28.8. The molecule has 7 heteroatoms. The second-order valence-corrected chi connectivity index (χ2v) is 8.02. The van der Waals surface area contributed by atoms with Gasteiger partial charge in [-0.05, 0) is 20.3 Å². The molecule has 0 rings (SSSR count). The van der Waals surface area contributed by atoms with E-state index in [1.165, 1.54) is 63.9 Å². The molecule has 0 aliphatic carbocycles. The number of rotatable bonds is 16. The fraction of sp³-hybridized carbons (Fsp3) is 0.792. The molecule has 0 aliphatic heterocycles. The zero-order chi connectivity index (χ0) is 23.6. The van der Waals surface area contributed by atoms with E-state index in [1.54, 1.807) is 13.8 Å². The fourth-order valence-corrected chi connectivity index (χ4v) is 3.06. The van der Waals surface area contributed by atoms with E-state index in [0.29, 0.717) is 6.61 Å². The van der Waals surface area contributed by atoms with Crippen molar-refractivity contribution in [3.05, 3.63) is 0 Å². The molecular formula is C24H42N2O5. The Balaban J connectivity index is 4.11.